The molecule has 2 heteroatoms. The molecule has 1 atom stereocenters. The largest absolute Gasteiger partial charge is 0.318 e. The van der Waals surface area contributed by atoms with Crippen LogP contribution in [0.5, 0.6) is 0 Å². The molecule has 0 bridgehead atoms. The Morgan fingerprint density at radius 3 is 2.28 bits per heavy atom. The van der Waals surface area contributed by atoms with E-state index in [1.165, 1.54) is 11.1 Å². The van der Waals surface area contributed by atoms with Gasteiger partial charge in [0.15, 0.2) is 0 Å². The molecule has 1 unspecified atom stereocenters. The van der Waals surface area contributed by atoms with Crippen LogP contribution in [0.2, 0.25) is 0 Å². The van der Waals surface area contributed by atoms with Crippen LogP contribution in [-0.2, 0) is 6.42 Å². The van der Waals surface area contributed by atoms with Gasteiger partial charge in [-0.3, -0.25) is 0 Å². The van der Waals surface area contributed by atoms with Crippen molar-refractivity contribution in [2.75, 3.05) is 20.1 Å². The van der Waals surface area contributed by atoms with Gasteiger partial charge in [-0.05, 0) is 26.0 Å². The first-order chi connectivity index (χ1) is 8.74. The normalized spacial score (nSPS) is 11.3. The molecule has 0 fully saturated rings. The molecule has 0 heterocycles. The summed E-state index contributed by atoms with van der Waals surface area (Å²) in [5.74, 6) is 0. The van der Waals surface area contributed by atoms with E-state index in [4.69, 9.17) is 0 Å². The van der Waals surface area contributed by atoms with Gasteiger partial charge in [0.2, 0.25) is 0 Å². The number of rotatable bonds is 7. The zero-order valence-corrected chi connectivity index (χ0v) is 12.3. The first kappa shape index (κ1) is 16.9. The molecule has 0 aliphatic carbocycles. The van der Waals surface area contributed by atoms with Crippen molar-refractivity contribution < 1.29 is 0 Å². The highest BCUT2D eigenvalue weighted by Gasteiger charge is 2.08. The minimum atomic E-state index is 0.371. The third-order valence-corrected chi connectivity index (χ3v) is 2.64. The summed E-state index contributed by atoms with van der Waals surface area (Å²) >= 11 is 0. The summed E-state index contributed by atoms with van der Waals surface area (Å²) in [7, 11) is 1.97. The van der Waals surface area contributed by atoms with Crippen LogP contribution < -0.4 is 10.6 Å². The van der Waals surface area contributed by atoms with Crippen LogP contribution in [0, 0.1) is 0 Å². The third kappa shape index (κ3) is 7.25. The summed E-state index contributed by atoms with van der Waals surface area (Å²) in [5.41, 5.74) is 2.55. The second-order valence-electron chi connectivity index (χ2n) is 4.15. The molecule has 0 aliphatic heterocycles. The summed E-state index contributed by atoms with van der Waals surface area (Å²) in [4.78, 5) is 0. The monoisotopic (exact) mass is 248 g/mol. The molecular formula is C16H28N2. The van der Waals surface area contributed by atoms with Gasteiger partial charge in [-0.1, -0.05) is 56.3 Å². The molecule has 0 aliphatic rings. The van der Waals surface area contributed by atoms with Gasteiger partial charge in [-0.25, -0.2) is 0 Å². The van der Waals surface area contributed by atoms with E-state index in [1.807, 2.05) is 27.0 Å². The molecule has 1 aromatic carbocycles. The maximum atomic E-state index is 4.05. The molecule has 2 nitrogen and oxygen atoms in total. The number of benzene rings is 1. The molecule has 0 saturated carbocycles. The van der Waals surface area contributed by atoms with E-state index in [0.717, 1.165) is 19.5 Å². The van der Waals surface area contributed by atoms with Crippen molar-refractivity contribution in [3.8, 4) is 0 Å². The highest BCUT2D eigenvalue weighted by molar-refractivity contribution is 5.19. The Hall–Kier alpha value is -1.12. The van der Waals surface area contributed by atoms with Crippen molar-refractivity contribution in [1.29, 1.82) is 0 Å². The second kappa shape index (κ2) is 11.0. The van der Waals surface area contributed by atoms with Crippen molar-refractivity contribution in [3.05, 3.63) is 48.0 Å². The van der Waals surface area contributed by atoms with Gasteiger partial charge in [0.1, 0.15) is 0 Å². The zero-order valence-electron chi connectivity index (χ0n) is 12.3. The van der Waals surface area contributed by atoms with Gasteiger partial charge in [0.25, 0.3) is 0 Å². The summed E-state index contributed by atoms with van der Waals surface area (Å²) < 4.78 is 0. The van der Waals surface area contributed by atoms with Crippen molar-refractivity contribution >= 4 is 0 Å². The van der Waals surface area contributed by atoms with E-state index in [2.05, 4.69) is 48.4 Å². The fourth-order valence-electron chi connectivity index (χ4n) is 1.64. The predicted molar refractivity (Wildman–Crippen MR) is 82.0 cm³/mol. The zero-order chi connectivity index (χ0) is 13.8. The van der Waals surface area contributed by atoms with Gasteiger partial charge in [-0.2, -0.15) is 0 Å². The van der Waals surface area contributed by atoms with E-state index in [1.54, 1.807) is 0 Å². The lowest BCUT2D eigenvalue weighted by Gasteiger charge is -2.19. The quantitative estimate of drug-likeness (QED) is 0.572. The molecule has 102 valence electrons. The highest BCUT2D eigenvalue weighted by atomic mass is 14.9. The summed E-state index contributed by atoms with van der Waals surface area (Å²) in [6.45, 7) is 12.1. The van der Waals surface area contributed by atoms with E-state index in [0.29, 0.717) is 6.04 Å². The van der Waals surface area contributed by atoms with Gasteiger partial charge in [-0.15, -0.1) is 0 Å². The van der Waals surface area contributed by atoms with Crippen molar-refractivity contribution in [2.45, 2.75) is 33.2 Å². The van der Waals surface area contributed by atoms with Crippen LogP contribution in [0.25, 0.3) is 0 Å². The Kier molecular flexibility index (Phi) is 10.3. The van der Waals surface area contributed by atoms with Crippen molar-refractivity contribution in [1.82, 2.24) is 10.6 Å². The molecule has 0 radical (unpaired) electrons. The lowest BCUT2D eigenvalue weighted by Crippen LogP contribution is -2.36. The second-order valence-corrected chi connectivity index (χ2v) is 4.15. The fourth-order valence-corrected chi connectivity index (χ4v) is 1.64. The summed E-state index contributed by atoms with van der Waals surface area (Å²) in [6, 6.07) is 10.9. The standard InChI is InChI=1S/C14H22N2.C2H6/c1-12(2)14(16-10-9-15-3)11-13-7-5-4-6-8-13;1-2/h4-8,14-16H,1,9-11H2,2-3H3;1-2H3. The fraction of sp³-hybridized carbons (Fsp3) is 0.500. The molecule has 0 saturated heterocycles. The molecule has 0 aromatic heterocycles. The van der Waals surface area contributed by atoms with Crippen LogP contribution in [0.4, 0.5) is 0 Å². The average Bonchev–Trinajstić information content (AvgIpc) is 2.41. The number of nitrogens with one attached hydrogen (secondary N) is 2. The highest BCUT2D eigenvalue weighted by Crippen LogP contribution is 2.08. The van der Waals surface area contributed by atoms with Crippen LogP contribution in [0.1, 0.15) is 26.3 Å². The minimum Gasteiger partial charge on any atom is -0.318 e. The molecule has 1 aromatic rings. The van der Waals surface area contributed by atoms with Crippen LogP contribution >= 0.6 is 0 Å². The lowest BCUT2D eigenvalue weighted by molar-refractivity contribution is 0.557. The molecule has 0 amide bonds. The topological polar surface area (TPSA) is 24.1 Å². The van der Waals surface area contributed by atoms with Crippen LogP contribution in [0.15, 0.2) is 42.5 Å². The average molecular weight is 248 g/mol. The minimum absolute atomic E-state index is 0.371. The third-order valence-electron chi connectivity index (χ3n) is 2.64. The Labute approximate surface area is 112 Å². The SMILES string of the molecule is C=C(C)C(Cc1ccccc1)NCCNC.CC. The van der Waals surface area contributed by atoms with E-state index >= 15 is 0 Å². The molecule has 2 N–H and O–H groups in total. The Balaban J connectivity index is 0.00000137. The Bertz CT molecular complexity index is 306. The lowest BCUT2D eigenvalue weighted by atomic mass is 10.0. The van der Waals surface area contributed by atoms with Crippen molar-refractivity contribution in [3.63, 3.8) is 0 Å². The molecular weight excluding hydrogens is 220 g/mol. The van der Waals surface area contributed by atoms with Crippen LogP contribution in [-0.4, -0.2) is 26.2 Å². The van der Waals surface area contributed by atoms with Crippen molar-refractivity contribution in [2.24, 2.45) is 0 Å². The predicted octanol–water partition coefficient (Wildman–Crippen LogP) is 3.01. The summed E-state index contributed by atoms with van der Waals surface area (Å²) in [6.07, 6.45) is 1.01. The van der Waals surface area contributed by atoms with Gasteiger partial charge >= 0.3 is 0 Å². The first-order valence-electron chi connectivity index (χ1n) is 6.81. The van der Waals surface area contributed by atoms with E-state index in [9.17, 15) is 0 Å². The Morgan fingerprint density at radius 1 is 1.17 bits per heavy atom. The number of likely N-dealkylation sites (N-methyl/N-ethyl adjacent to an activating group) is 1. The maximum absolute atomic E-state index is 4.05. The smallest absolute Gasteiger partial charge is 0.0315 e. The van der Waals surface area contributed by atoms with E-state index < -0.39 is 0 Å². The molecule has 18 heavy (non-hydrogen) atoms. The van der Waals surface area contributed by atoms with Gasteiger partial charge in [0.05, 0.1) is 0 Å². The number of hydrogen-bond donors (Lipinski definition) is 2. The molecule has 1 rings (SSSR count). The first-order valence-corrected chi connectivity index (χ1v) is 6.81. The van der Waals surface area contributed by atoms with Crippen LogP contribution in [0.3, 0.4) is 0 Å². The Morgan fingerprint density at radius 2 is 1.78 bits per heavy atom. The maximum Gasteiger partial charge on any atom is 0.0315 e. The summed E-state index contributed by atoms with van der Waals surface area (Å²) in [5, 5.41) is 6.64. The van der Waals surface area contributed by atoms with E-state index in [-0.39, 0.29) is 0 Å². The molecule has 0 spiro atoms. The van der Waals surface area contributed by atoms with Gasteiger partial charge < -0.3 is 10.6 Å². The van der Waals surface area contributed by atoms with Gasteiger partial charge in [0, 0.05) is 19.1 Å². The number of hydrogen-bond acceptors (Lipinski definition) is 2.